The van der Waals surface area contributed by atoms with E-state index in [4.69, 9.17) is 9.47 Å². The minimum absolute atomic E-state index is 0.0905. The lowest BCUT2D eigenvalue weighted by molar-refractivity contribution is 0.386. The third-order valence-corrected chi connectivity index (χ3v) is 5.73. The van der Waals surface area contributed by atoms with Crippen LogP contribution in [0.5, 0.6) is 11.5 Å². The monoisotopic (exact) mass is 380 g/mol. The maximum atomic E-state index is 14.2. The highest BCUT2D eigenvalue weighted by molar-refractivity contribution is 7.92. The number of sulfonamides is 1. The van der Waals surface area contributed by atoms with Crippen molar-refractivity contribution in [3.8, 4) is 11.5 Å². The van der Waals surface area contributed by atoms with Gasteiger partial charge in [0.15, 0.2) is 0 Å². The number of methoxy groups -OCH3 is 2. The molecule has 0 radical (unpaired) electrons. The van der Waals surface area contributed by atoms with Crippen LogP contribution in [0.25, 0.3) is 0 Å². The molecule has 140 valence electrons. The maximum Gasteiger partial charge on any atom is 0.265 e. The van der Waals surface area contributed by atoms with E-state index in [0.29, 0.717) is 5.75 Å². The minimum Gasteiger partial charge on any atom is -0.497 e. The van der Waals surface area contributed by atoms with Gasteiger partial charge in [-0.05, 0) is 43.2 Å². The highest BCUT2D eigenvalue weighted by atomic mass is 32.2. The van der Waals surface area contributed by atoms with Crippen molar-refractivity contribution < 1.29 is 22.3 Å². The minimum atomic E-state index is -4.03. The molecule has 3 rings (SSSR count). The van der Waals surface area contributed by atoms with Crippen molar-refractivity contribution in [3.63, 3.8) is 0 Å². The number of nitrogens with one attached hydrogen (secondary N) is 1. The van der Waals surface area contributed by atoms with Crippen LogP contribution in [-0.2, 0) is 10.0 Å². The first kappa shape index (κ1) is 18.3. The van der Waals surface area contributed by atoms with E-state index in [1.807, 2.05) is 0 Å². The third-order valence-electron chi connectivity index (χ3n) is 4.33. The highest BCUT2D eigenvalue weighted by Crippen LogP contribution is 2.32. The molecule has 0 amide bonds. The number of benzene rings is 2. The van der Waals surface area contributed by atoms with Crippen LogP contribution < -0.4 is 19.1 Å². The largest absolute Gasteiger partial charge is 0.497 e. The zero-order valence-corrected chi connectivity index (χ0v) is 15.5. The first-order chi connectivity index (χ1) is 12.4. The Hall–Kier alpha value is -2.48. The number of hydrogen-bond donors (Lipinski definition) is 1. The first-order valence-electron chi connectivity index (χ1n) is 8.24. The predicted octanol–water partition coefficient (Wildman–Crippen LogP) is 3.24. The number of halogens is 1. The van der Waals surface area contributed by atoms with E-state index in [-0.39, 0.29) is 16.3 Å². The van der Waals surface area contributed by atoms with Crippen molar-refractivity contribution in [2.45, 2.75) is 17.7 Å². The number of ether oxygens (including phenoxy) is 2. The lowest BCUT2D eigenvalue weighted by Gasteiger charge is -2.19. The third kappa shape index (κ3) is 3.70. The number of nitrogens with zero attached hydrogens (tertiary/aromatic N) is 1. The standard InChI is InChI=1S/C18H21FN2O4S/c1-24-14-6-8-18(17(12-14)25-2)26(22,23)20-16-11-13(5-7-15(16)19)21-9-3-4-10-21/h5-8,11-12,20H,3-4,9-10H2,1-2H3. The molecule has 1 N–H and O–H groups in total. The van der Waals surface area contributed by atoms with Gasteiger partial charge in [-0.2, -0.15) is 0 Å². The average Bonchev–Trinajstić information content (AvgIpc) is 3.17. The van der Waals surface area contributed by atoms with E-state index in [2.05, 4.69) is 9.62 Å². The Morgan fingerprint density at radius 3 is 2.42 bits per heavy atom. The van der Waals surface area contributed by atoms with Crippen molar-refractivity contribution in [3.05, 3.63) is 42.2 Å². The molecule has 2 aromatic carbocycles. The molecule has 1 aliphatic rings. The number of anilines is 2. The van der Waals surface area contributed by atoms with Crippen molar-refractivity contribution in [2.24, 2.45) is 0 Å². The second-order valence-electron chi connectivity index (χ2n) is 5.98. The fourth-order valence-corrected chi connectivity index (χ4v) is 4.17. The van der Waals surface area contributed by atoms with Gasteiger partial charge in [0.05, 0.1) is 19.9 Å². The summed E-state index contributed by atoms with van der Waals surface area (Å²) in [5.74, 6) is -0.0556. The number of hydrogen-bond acceptors (Lipinski definition) is 5. The van der Waals surface area contributed by atoms with E-state index in [1.54, 1.807) is 6.07 Å². The zero-order chi connectivity index (χ0) is 18.7. The smallest absolute Gasteiger partial charge is 0.265 e. The van der Waals surface area contributed by atoms with Crippen molar-refractivity contribution >= 4 is 21.4 Å². The normalized spacial score (nSPS) is 14.3. The summed E-state index contributed by atoms with van der Waals surface area (Å²) < 4.78 is 52.3. The highest BCUT2D eigenvalue weighted by Gasteiger charge is 2.23. The van der Waals surface area contributed by atoms with Gasteiger partial charge in [-0.3, -0.25) is 4.72 Å². The van der Waals surface area contributed by atoms with Gasteiger partial charge in [-0.15, -0.1) is 0 Å². The average molecular weight is 380 g/mol. The Labute approximate surface area is 152 Å². The van der Waals surface area contributed by atoms with Crippen LogP contribution in [0.1, 0.15) is 12.8 Å². The Morgan fingerprint density at radius 2 is 1.77 bits per heavy atom. The van der Waals surface area contributed by atoms with Crippen molar-refractivity contribution in [2.75, 3.05) is 36.9 Å². The predicted molar refractivity (Wildman–Crippen MR) is 98.2 cm³/mol. The lowest BCUT2D eigenvalue weighted by Crippen LogP contribution is -2.19. The van der Waals surface area contributed by atoms with E-state index in [0.717, 1.165) is 31.6 Å². The van der Waals surface area contributed by atoms with Gasteiger partial charge >= 0.3 is 0 Å². The van der Waals surface area contributed by atoms with Gasteiger partial charge < -0.3 is 14.4 Å². The summed E-state index contributed by atoms with van der Waals surface area (Å²) in [6.07, 6.45) is 2.14. The fourth-order valence-electron chi connectivity index (χ4n) is 2.96. The molecule has 8 heteroatoms. The second kappa shape index (κ2) is 7.41. The second-order valence-corrected chi connectivity index (χ2v) is 7.63. The molecule has 2 aromatic rings. The molecule has 0 spiro atoms. The van der Waals surface area contributed by atoms with Crippen LogP contribution in [0.2, 0.25) is 0 Å². The first-order valence-corrected chi connectivity index (χ1v) is 9.72. The summed E-state index contributed by atoms with van der Waals surface area (Å²) in [5.41, 5.74) is 0.704. The summed E-state index contributed by atoms with van der Waals surface area (Å²) in [6, 6.07) is 8.79. The molecule has 1 saturated heterocycles. The van der Waals surface area contributed by atoms with Gasteiger partial charge in [0, 0.05) is 24.8 Å². The van der Waals surface area contributed by atoms with E-state index >= 15 is 0 Å². The fraction of sp³-hybridized carbons (Fsp3) is 0.333. The van der Waals surface area contributed by atoms with E-state index in [1.165, 1.54) is 44.6 Å². The van der Waals surface area contributed by atoms with Crippen LogP contribution in [0.15, 0.2) is 41.3 Å². The Morgan fingerprint density at radius 1 is 1.04 bits per heavy atom. The quantitative estimate of drug-likeness (QED) is 0.833. The molecule has 0 aliphatic carbocycles. The van der Waals surface area contributed by atoms with Gasteiger partial charge in [-0.1, -0.05) is 0 Å². The maximum absolute atomic E-state index is 14.2. The molecule has 1 heterocycles. The van der Waals surface area contributed by atoms with Gasteiger partial charge in [-0.25, -0.2) is 12.8 Å². The zero-order valence-electron chi connectivity index (χ0n) is 14.7. The Bertz CT molecular complexity index is 896. The molecule has 0 bridgehead atoms. The summed E-state index contributed by atoms with van der Waals surface area (Å²) in [4.78, 5) is 2.01. The molecule has 1 fully saturated rings. The van der Waals surface area contributed by atoms with E-state index in [9.17, 15) is 12.8 Å². The van der Waals surface area contributed by atoms with Crippen molar-refractivity contribution in [1.82, 2.24) is 0 Å². The van der Waals surface area contributed by atoms with E-state index < -0.39 is 15.8 Å². The summed E-state index contributed by atoms with van der Waals surface area (Å²) >= 11 is 0. The molecule has 1 aliphatic heterocycles. The topological polar surface area (TPSA) is 67.9 Å². The molecule has 0 aromatic heterocycles. The van der Waals surface area contributed by atoms with Crippen molar-refractivity contribution in [1.29, 1.82) is 0 Å². The van der Waals surface area contributed by atoms with Gasteiger partial charge in [0.25, 0.3) is 10.0 Å². The Balaban J connectivity index is 1.93. The van der Waals surface area contributed by atoms with Gasteiger partial charge in [0.2, 0.25) is 0 Å². The lowest BCUT2D eigenvalue weighted by atomic mass is 10.2. The van der Waals surface area contributed by atoms with Crippen LogP contribution in [0.3, 0.4) is 0 Å². The molecular weight excluding hydrogens is 359 g/mol. The summed E-state index contributed by atoms with van der Waals surface area (Å²) in [6.45, 7) is 1.76. The summed E-state index contributed by atoms with van der Waals surface area (Å²) in [5, 5.41) is 0. The van der Waals surface area contributed by atoms with Gasteiger partial charge in [0.1, 0.15) is 22.2 Å². The SMILES string of the molecule is COc1ccc(S(=O)(=O)Nc2cc(N3CCCC3)ccc2F)c(OC)c1. The van der Waals surface area contributed by atoms with Crippen LogP contribution in [-0.4, -0.2) is 35.7 Å². The molecule has 0 atom stereocenters. The van der Waals surface area contributed by atoms with Crippen LogP contribution in [0, 0.1) is 5.82 Å². The molecular formula is C18H21FN2O4S. The Kier molecular flexibility index (Phi) is 5.22. The molecule has 6 nitrogen and oxygen atoms in total. The summed E-state index contributed by atoms with van der Waals surface area (Å²) in [7, 11) is -1.20. The molecule has 26 heavy (non-hydrogen) atoms. The van der Waals surface area contributed by atoms with Crippen LogP contribution in [0.4, 0.5) is 15.8 Å². The molecule has 0 saturated carbocycles. The number of rotatable bonds is 6. The molecule has 0 unspecified atom stereocenters. The van der Waals surface area contributed by atoms with Crippen LogP contribution >= 0.6 is 0 Å².